The molecule has 3 aromatic carbocycles. The Morgan fingerprint density at radius 1 is 0.929 bits per heavy atom. The minimum atomic E-state index is -3.80. The molecule has 3 aromatic rings. The van der Waals surface area contributed by atoms with Gasteiger partial charge in [-0.2, -0.15) is 17.9 Å². The lowest BCUT2D eigenvalue weighted by molar-refractivity contribution is 0.371. The minimum Gasteiger partial charge on any atom is -0.200 e. The highest BCUT2D eigenvalue weighted by Gasteiger charge is 2.38. The molecule has 0 saturated carbocycles. The molecule has 1 unspecified atom stereocenters. The Balaban J connectivity index is 1.82. The van der Waals surface area contributed by atoms with Crippen LogP contribution in [0.1, 0.15) is 29.2 Å². The maximum atomic E-state index is 13.3. The summed E-state index contributed by atoms with van der Waals surface area (Å²) in [7, 11) is -3.80. The molecular weight excluding hydrogens is 392 g/mol. The van der Waals surface area contributed by atoms with Crippen molar-refractivity contribution in [1.29, 1.82) is 0 Å². The van der Waals surface area contributed by atoms with Crippen molar-refractivity contribution < 1.29 is 8.42 Å². The van der Waals surface area contributed by atoms with Gasteiger partial charge in [0.25, 0.3) is 10.0 Å². The number of sulfonamides is 1. The van der Waals surface area contributed by atoms with Crippen molar-refractivity contribution in [2.45, 2.75) is 24.3 Å². The highest BCUT2D eigenvalue weighted by Crippen LogP contribution is 2.38. The SMILES string of the molecule is Cc1ccc(C2CC(c3ccccc3Cl)=NN2S(=O)(=O)c2ccccc2)cc1. The monoisotopic (exact) mass is 410 g/mol. The van der Waals surface area contributed by atoms with E-state index in [1.165, 1.54) is 4.41 Å². The Bertz CT molecular complexity index is 1130. The average Bonchev–Trinajstić information content (AvgIpc) is 3.15. The molecule has 0 fully saturated rings. The molecule has 1 aliphatic rings. The van der Waals surface area contributed by atoms with Crippen LogP contribution in [-0.4, -0.2) is 18.5 Å². The van der Waals surface area contributed by atoms with E-state index >= 15 is 0 Å². The fourth-order valence-electron chi connectivity index (χ4n) is 3.31. The lowest BCUT2D eigenvalue weighted by atomic mass is 9.98. The summed E-state index contributed by atoms with van der Waals surface area (Å²) < 4.78 is 27.9. The van der Waals surface area contributed by atoms with Crippen LogP contribution >= 0.6 is 11.6 Å². The van der Waals surface area contributed by atoms with Crippen LogP contribution in [0.25, 0.3) is 0 Å². The van der Waals surface area contributed by atoms with Crippen LogP contribution < -0.4 is 0 Å². The molecule has 6 heteroatoms. The summed E-state index contributed by atoms with van der Waals surface area (Å²) in [5, 5.41) is 5.08. The maximum absolute atomic E-state index is 13.3. The molecule has 0 aliphatic carbocycles. The van der Waals surface area contributed by atoms with E-state index in [0.717, 1.165) is 16.7 Å². The van der Waals surface area contributed by atoms with Gasteiger partial charge in [-0.1, -0.05) is 77.8 Å². The minimum absolute atomic E-state index is 0.219. The summed E-state index contributed by atoms with van der Waals surface area (Å²) in [6, 6.07) is 23.2. The van der Waals surface area contributed by atoms with Gasteiger partial charge < -0.3 is 0 Å². The maximum Gasteiger partial charge on any atom is 0.279 e. The Hall–Kier alpha value is -2.63. The summed E-state index contributed by atoms with van der Waals surface area (Å²) in [5.41, 5.74) is 3.44. The van der Waals surface area contributed by atoms with Gasteiger partial charge in [0.2, 0.25) is 0 Å². The number of nitrogens with zero attached hydrogens (tertiary/aromatic N) is 2. The molecule has 28 heavy (non-hydrogen) atoms. The van der Waals surface area contributed by atoms with Crippen LogP contribution in [0, 0.1) is 6.92 Å². The van der Waals surface area contributed by atoms with Crippen molar-refractivity contribution in [3.63, 3.8) is 0 Å². The third-order valence-corrected chi connectivity index (χ3v) is 6.83. The van der Waals surface area contributed by atoms with Crippen molar-refractivity contribution in [3.05, 3.63) is 101 Å². The van der Waals surface area contributed by atoms with E-state index < -0.39 is 16.1 Å². The van der Waals surface area contributed by atoms with E-state index in [9.17, 15) is 8.42 Å². The zero-order valence-corrected chi connectivity index (χ0v) is 16.9. The lowest BCUT2D eigenvalue weighted by Crippen LogP contribution is -2.27. The van der Waals surface area contributed by atoms with E-state index in [4.69, 9.17) is 11.6 Å². The fourth-order valence-corrected chi connectivity index (χ4v) is 5.00. The number of hydrogen-bond acceptors (Lipinski definition) is 3. The van der Waals surface area contributed by atoms with Gasteiger partial charge in [0.05, 0.1) is 16.6 Å². The number of rotatable bonds is 4. The molecule has 1 atom stereocenters. The van der Waals surface area contributed by atoms with Crippen molar-refractivity contribution in [2.75, 3.05) is 0 Å². The van der Waals surface area contributed by atoms with Gasteiger partial charge in [-0.3, -0.25) is 0 Å². The topological polar surface area (TPSA) is 49.7 Å². The summed E-state index contributed by atoms with van der Waals surface area (Å²) in [6.07, 6.45) is 0.457. The molecule has 0 radical (unpaired) electrons. The Morgan fingerprint density at radius 2 is 1.57 bits per heavy atom. The van der Waals surface area contributed by atoms with Gasteiger partial charge in [0, 0.05) is 17.0 Å². The van der Waals surface area contributed by atoms with Crippen LogP contribution in [0.15, 0.2) is 88.9 Å². The van der Waals surface area contributed by atoms with Crippen molar-refractivity contribution in [3.8, 4) is 0 Å². The molecule has 0 saturated heterocycles. The molecule has 1 aliphatic heterocycles. The third-order valence-electron chi connectivity index (χ3n) is 4.81. The van der Waals surface area contributed by atoms with Gasteiger partial charge in [-0.25, -0.2) is 0 Å². The number of hydrogen-bond donors (Lipinski definition) is 0. The molecule has 0 aromatic heterocycles. The van der Waals surface area contributed by atoms with E-state index in [2.05, 4.69) is 5.10 Å². The summed E-state index contributed by atoms with van der Waals surface area (Å²) >= 11 is 6.35. The van der Waals surface area contributed by atoms with Crippen molar-refractivity contribution >= 4 is 27.3 Å². The van der Waals surface area contributed by atoms with Crippen LogP contribution in [0.5, 0.6) is 0 Å². The van der Waals surface area contributed by atoms with Crippen molar-refractivity contribution in [2.24, 2.45) is 5.10 Å². The van der Waals surface area contributed by atoms with Gasteiger partial charge in [0.1, 0.15) is 0 Å². The van der Waals surface area contributed by atoms with Crippen molar-refractivity contribution in [1.82, 2.24) is 4.41 Å². The zero-order valence-electron chi connectivity index (χ0n) is 15.3. The van der Waals surface area contributed by atoms with Crippen LogP contribution in [0.3, 0.4) is 0 Å². The van der Waals surface area contributed by atoms with E-state index in [1.807, 2.05) is 49.4 Å². The molecule has 4 rings (SSSR count). The van der Waals surface area contributed by atoms with Crippen LogP contribution in [0.4, 0.5) is 0 Å². The molecular formula is C22H19ClN2O2S. The molecule has 0 spiro atoms. The highest BCUT2D eigenvalue weighted by atomic mass is 35.5. The quantitative estimate of drug-likeness (QED) is 0.594. The molecule has 1 heterocycles. The van der Waals surface area contributed by atoms with Crippen LogP contribution in [0.2, 0.25) is 5.02 Å². The Labute approximate surface area is 170 Å². The van der Waals surface area contributed by atoms with Gasteiger partial charge in [-0.15, -0.1) is 0 Å². The summed E-state index contributed by atoms with van der Waals surface area (Å²) in [4.78, 5) is 0.219. The standard InChI is InChI=1S/C22H19ClN2O2S/c1-16-11-13-17(14-12-16)22-15-21(19-9-5-6-10-20(19)23)24-25(22)28(26,27)18-7-3-2-4-8-18/h2-14,22H,15H2,1H3. The third kappa shape index (κ3) is 3.43. The second-order valence-electron chi connectivity index (χ2n) is 6.75. The fraction of sp³-hybridized carbons (Fsp3) is 0.136. The predicted octanol–water partition coefficient (Wildman–Crippen LogP) is 5.19. The Kier molecular flexibility index (Phi) is 4.96. The first-order valence-corrected chi connectivity index (χ1v) is 10.8. The normalized spacial score (nSPS) is 16.9. The summed E-state index contributed by atoms with van der Waals surface area (Å²) in [5.74, 6) is 0. The second-order valence-corrected chi connectivity index (χ2v) is 8.95. The molecule has 0 amide bonds. The first-order chi connectivity index (χ1) is 13.5. The van der Waals surface area contributed by atoms with E-state index in [1.54, 1.807) is 36.4 Å². The predicted molar refractivity (Wildman–Crippen MR) is 112 cm³/mol. The number of hydrazone groups is 1. The van der Waals surface area contributed by atoms with Gasteiger partial charge in [-0.05, 0) is 30.7 Å². The molecule has 142 valence electrons. The largest absolute Gasteiger partial charge is 0.279 e. The average molecular weight is 411 g/mol. The van der Waals surface area contributed by atoms with E-state index in [0.29, 0.717) is 17.2 Å². The van der Waals surface area contributed by atoms with Gasteiger partial charge in [0.15, 0.2) is 0 Å². The number of halogens is 1. The summed E-state index contributed by atoms with van der Waals surface area (Å²) in [6.45, 7) is 2.00. The second kappa shape index (κ2) is 7.41. The van der Waals surface area contributed by atoms with Gasteiger partial charge >= 0.3 is 0 Å². The molecule has 0 bridgehead atoms. The first kappa shape index (κ1) is 18.7. The van der Waals surface area contributed by atoms with Crippen LogP contribution in [-0.2, 0) is 10.0 Å². The first-order valence-electron chi connectivity index (χ1n) is 8.95. The Morgan fingerprint density at radius 3 is 2.25 bits per heavy atom. The zero-order chi connectivity index (χ0) is 19.7. The molecule has 4 nitrogen and oxygen atoms in total. The molecule has 0 N–H and O–H groups in total. The lowest BCUT2D eigenvalue weighted by Gasteiger charge is -2.23. The number of benzene rings is 3. The highest BCUT2D eigenvalue weighted by molar-refractivity contribution is 7.89. The van der Waals surface area contributed by atoms with E-state index in [-0.39, 0.29) is 4.90 Å². The smallest absolute Gasteiger partial charge is 0.200 e. The number of aryl methyl sites for hydroxylation is 1.